The second-order valence-electron chi connectivity index (χ2n) is 3.52. The first kappa shape index (κ1) is 12.1. The van der Waals surface area contributed by atoms with Crippen LogP contribution in [0.2, 0.25) is 0 Å². The molecule has 1 saturated heterocycles. The zero-order valence-corrected chi connectivity index (χ0v) is 9.11. The SMILES string of the molecule is C#CCC(=O)N1CCN(C(=O)CC#C)CC1. The van der Waals surface area contributed by atoms with Gasteiger partial charge in [-0.25, -0.2) is 0 Å². The molecule has 0 aromatic rings. The van der Waals surface area contributed by atoms with Crippen molar-refractivity contribution in [3.8, 4) is 24.7 Å². The van der Waals surface area contributed by atoms with Crippen molar-refractivity contribution in [3.63, 3.8) is 0 Å². The summed E-state index contributed by atoms with van der Waals surface area (Å²) >= 11 is 0. The Kier molecular flexibility index (Phi) is 4.42. The molecule has 2 amide bonds. The first-order valence-electron chi connectivity index (χ1n) is 5.11. The Bertz CT molecular complexity index is 318. The Morgan fingerprint density at radius 1 is 0.875 bits per heavy atom. The maximum Gasteiger partial charge on any atom is 0.234 e. The van der Waals surface area contributed by atoms with Crippen LogP contribution < -0.4 is 0 Å². The number of nitrogens with zero attached hydrogens (tertiary/aromatic N) is 2. The van der Waals surface area contributed by atoms with Gasteiger partial charge in [-0.1, -0.05) is 11.8 Å². The van der Waals surface area contributed by atoms with Crippen LogP contribution in [-0.2, 0) is 9.59 Å². The third-order valence-corrected chi connectivity index (χ3v) is 2.49. The molecule has 1 fully saturated rings. The second-order valence-corrected chi connectivity index (χ2v) is 3.52. The van der Waals surface area contributed by atoms with E-state index in [0.29, 0.717) is 26.2 Å². The van der Waals surface area contributed by atoms with Crippen LogP contribution in [0.15, 0.2) is 0 Å². The summed E-state index contributed by atoms with van der Waals surface area (Å²) in [7, 11) is 0. The minimum atomic E-state index is -0.0495. The van der Waals surface area contributed by atoms with E-state index in [2.05, 4.69) is 11.8 Å². The molecule has 0 unspecified atom stereocenters. The fourth-order valence-electron chi connectivity index (χ4n) is 1.60. The van der Waals surface area contributed by atoms with Crippen LogP contribution in [0.5, 0.6) is 0 Å². The monoisotopic (exact) mass is 218 g/mol. The van der Waals surface area contributed by atoms with Crippen LogP contribution in [0.3, 0.4) is 0 Å². The summed E-state index contributed by atoms with van der Waals surface area (Å²) in [6, 6.07) is 0. The van der Waals surface area contributed by atoms with E-state index in [1.807, 2.05) is 0 Å². The number of carbonyl (C=O) groups excluding carboxylic acids is 2. The summed E-state index contributed by atoms with van der Waals surface area (Å²) in [4.78, 5) is 26.3. The predicted octanol–water partition coefficient (Wildman–Crippen LogP) is -0.296. The van der Waals surface area contributed by atoms with E-state index in [-0.39, 0.29) is 24.7 Å². The number of piperazine rings is 1. The Morgan fingerprint density at radius 3 is 1.44 bits per heavy atom. The first-order chi connectivity index (χ1) is 7.69. The molecule has 0 aromatic carbocycles. The highest BCUT2D eigenvalue weighted by Crippen LogP contribution is 2.05. The van der Waals surface area contributed by atoms with Crippen LogP contribution in [0.25, 0.3) is 0 Å². The lowest BCUT2D eigenvalue weighted by molar-refractivity contribution is -0.138. The molecule has 0 saturated carbocycles. The number of hydrogen-bond acceptors (Lipinski definition) is 2. The van der Waals surface area contributed by atoms with E-state index in [9.17, 15) is 9.59 Å². The van der Waals surface area contributed by atoms with E-state index in [4.69, 9.17) is 12.8 Å². The standard InChI is InChI=1S/C12H14N2O2/c1-3-5-11(15)13-7-9-14(10-8-13)12(16)6-4-2/h1-2H,5-10H2. The molecule has 0 atom stereocenters. The highest BCUT2D eigenvalue weighted by atomic mass is 16.2. The highest BCUT2D eigenvalue weighted by Gasteiger charge is 2.22. The average molecular weight is 218 g/mol. The molecule has 4 nitrogen and oxygen atoms in total. The third kappa shape index (κ3) is 3.03. The van der Waals surface area contributed by atoms with Crippen molar-refractivity contribution in [1.29, 1.82) is 0 Å². The van der Waals surface area contributed by atoms with Crippen molar-refractivity contribution >= 4 is 11.8 Å². The fourth-order valence-corrected chi connectivity index (χ4v) is 1.60. The van der Waals surface area contributed by atoms with Gasteiger partial charge in [0.1, 0.15) is 0 Å². The molecule has 0 radical (unpaired) electrons. The van der Waals surface area contributed by atoms with Gasteiger partial charge in [0.2, 0.25) is 11.8 Å². The van der Waals surface area contributed by atoms with E-state index >= 15 is 0 Å². The molecule has 0 N–H and O–H groups in total. The number of amides is 2. The summed E-state index contributed by atoms with van der Waals surface area (Å²) in [5.74, 6) is 4.54. The maximum absolute atomic E-state index is 11.4. The highest BCUT2D eigenvalue weighted by molar-refractivity contribution is 5.80. The van der Waals surface area contributed by atoms with Gasteiger partial charge in [0.25, 0.3) is 0 Å². The normalized spacial score (nSPS) is 15.1. The molecule has 0 spiro atoms. The molecular weight excluding hydrogens is 204 g/mol. The molecule has 4 heteroatoms. The molecule has 1 heterocycles. The van der Waals surface area contributed by atoms with Crippen LogP contribution in [-0.4, -0.2) is 47.8 Å². The zero-order valence-electron chi connectivity index (χ0n) is 9.11. The average Bonchev–Trinajstić information content (AvgIpc) is 2.30. The summed E-state index contributed by atoms with van der Waals surface area (Å²) in [5.41, 5.74) is 0. The summed E-state index contributed by atoms with van der Waals surface area (Å²) in [6.07, 6.45) is 10.4. The van der Waals surface area contributed by atoms with Gasteiger partial charge >= 0.3 is 0 Å². The van der Waals surface area contributed by atoms with E-state index in [1.165, 1.54) is 0 Å². The molecule has 84 valence electrons. The van der Waals surface area contributed by atoms with E-state index < -0.39 is 0 Å². The molecule has 1 aliphatic rings. The second kappa shape index (κ2) is 5.82. The fraction of sp³-hybridized carbons (Fsp3) is 0.500. The predicted molar refractivity (Wildman–Crippen MR) is 60.1 cm³/mol. The first-order valence-corrected chi connectivity index (χ1v) is 5.11. The van der Waals surface area contributed by atoms with Crippen molar-refractivity contribution in [3.05, 3.63) is 0 Å². The minimum absolute atomic E-state index is 0.0495. The zero-order chi connectivity index (χ0) is 12.0. The quantitative estimate of drug-likeness (QED) is 0.597. The Labute approximate surface area is 95.6 Å². The minimum Gasteiger partial charge on any atom is -0.338 e. The van der Waals surface area contributed by atoms with Crippen LogP contribution >= 0.6 is 0 Å². The van der Waals surface area contributed by atoms with Crippen molar-refractivity contribution in [2.45, 2.75) is 12.8 Å². The van der Waals surface area contributed by atoms with E-state index in [0.717, 1.165) is 0 Å². The van der Waals surface area contributed by atoms with Gasteiger partial charge in [-0.2, -0.15) is 0 Å². The molecule has 1 rings (SSSR count). The Morgan fingerprint density at radius 2 is 1.19 bits per heavy atom. The van der Waals surface area contributed by atoms with Crippen molar-refractivity contribution < 1.29 is 9.59 Å². The number of carbonyl (C=O) groups is 2. The lowest BCUT2D eigenvalue weighted by Gasteiger charge is -2.34. The Balaban J connectivity index is 2.40. The smallest absolute Gasteiger partial charge is 0.234 e. The van der Waals surface area contributed by atoms with Gasteiger partial charge in [-0.3, -0.25) is 9.59 Å². The lowest BCUT2D eigenvalue weighted by atomic mass is 10.2. The van der Waals surface area contributed by atoms with Crippen molar-refractivity contribution in [2.75, 3.05) is 26.2 Å². The Hall–Kier alpha value is -1.94. The third-order valence-electron chi connectivity index (χ3n) is 2.49. The number of terminal acetylenes is 2. The summed E-state index contributed by atoms with van der Waals surface area (Å²) in [6.45, 7) is 2.15. The van der Waals surface area contributed by atoms with Crippen LogP contribution in [0, 0.1) is 24.7 Å². The topological polar surface area (TPSA) is 40.6 Å². The van der Waals surface area contributed by atoms with Crippen LogP contribution in [0.1, 0.15) is 12.8 Å². The maximum atomic E-state index is 11.4. The molecule has 0 bridgehead atoms. The molecule has 0 aromatic heterocycles. The van der Waals surface area contributed by atoms with Gasteiger partial charge in [0.05, 0.1) is 12.8 Å². The summed E-state index contributed by atoms with van der Waals surface area (Å²) < 4.78 is 0. The molecule has 1 aliphatic heterocycles. The van der Waals surface area contributed by atoms with Crippen molar-refractivity contribution in [1.82, 2.24) is 9.80 Å². The van der Waals surface area contributed by atoms with Gasteiger partial charge in [-0.15, -0.1) is 12.8 Å². The van der Waals surface area contributed by atoms with E-state index in [1.54, 1.807) is 9.80 Å². The van der Waals surface area contributed by atoms with Crippen molar-refractivity contribution in [2.24, 2.45) is 0 Å². The van der Waals surface area contributed by atoms with Gasteiger partial charge in [0.15, 0.2) is 0 Å². The molecular formula is C12H14N2O2. The van der Waals surface area contributed by atoms with Gasteiger partial charge < -0.3 is 9.80 Å². The number of hydrogen-bond donors (Lipinski definition) is 0. The number of rotatable bonds is 2. The summed E-state index contributed by atoms with van der Waals surface area (Å²) in [5, 5.41) is 0. The molecule has 16 heavy (non-hydrogen) atoms. The van der Waals surface area contributed by atoms with Gasteiger partial charge in [0, 0.05) is 26.2 Å². The lowest BCUT2D eigenvalue weighted by Crippen LogP contribution is -2.50. The van der Waals surface area contributed by atoms with Gasteiger partial charge in [-0.05, 0) is 0 Å². The van der Waals surface area contributed by atoms with Crippen LogP contribution in [0.4, 0.5) is 0 Å². The molecule has 0 aliphatic carbocycles. The largest absolute Gasteiger partial charge is 0.338 e.